The predicted molar refractivity (Wildman–Crippen MR) is 98.9 cm³/mol. The minimum Gasteiger partial charge on any atom is -0.334 e. The standard InChI is InChI=1S/C20H21N5O/c1-24(18-8-7-16-4-2-3-5-17(16)18)20(26)23-13-15-6-9-19(22-12-15)25-11-10-21-14-25/h2-6,9-12,14,18H,7-8,13H2,1H3,(H,23,26). The molecule has 0 saturated heterocycles. The average Bonchev–Trinajstić information content (AvgIpc) is 3.36. The molecule has 0 bridgehead atoms. The molecule has 2 heterocycles. The molecule has 3 aromatic rings. The third kappa shape index (κ3) is 3.18. The molecule has 0 aliphatic heterocycles. The Morgan fingerprint density at radius 3 is 2.96 bits per heavy atom. The van der Waals surface area contributed by atoms with Crippen LogP contribution in [0.1, 0.15) is 29.2 Å². The second-order valence-electron chi connectivity index (χ2n) is 6.52. The summed E-state index contributed by atoms with van der Waals surface area (Å²) in [4.78, 5) is 22.8. The van der Waals surface area contributed by atoms with Crippen molar-refractivity contribution in [1.29, 1.82) is 0 Å². The molecule has 1 aliphatic rings. The van der Waals surface area contributed by atoms with Crippen molar-refractivity contribution in [3.63, 3.8) is 0 Å². The lowest BCUT2D eigenvalue weighted by atomic mass is 10.1. The molecule has 1 aromatic carbocycles. The summed E-state index contributed by atoms with van der Waals surface area (Å²) in [5.74, 6) is 0.803. The van der Waals surface area contributed by atoms with Crippen LogP contribution in [0.3, 0.4) is 0 Å². The van der Waals surface area contributed by atoms with Gasteiger partial charge in [-0.25, -0.2) is 14.8 Å². The van der Waals surface area contributed by atoms with E-state index in [1.165, 1.54) is 11.1 Å². The Bertz CT molecular complexity index is 889. The minimum atomic E-state index is -0.0645. The number of rotatable bonds is 4. The third-order valence-corrected chi connectivity index (χ3v) is 4.91. The van der Waals surface area contributed by atoms with E-state index in [1.54, 1.807) is 23.6 Å². The first-order chi connectivity index (χ1) is 12.7. The Hall–Kier alpha value is -3.15. The van der Waals surface area contributed by atoms with Crippen molar-refractivity contribution < 1.29 is 4.79 Å². The molecule has 6 heteroatoms. The van der Waals surface area contributed by atoms with Gasteiger partial charge in [0.1, 0.15) is 12.1 Å². The van der Waals surface area contributed by atoms with E-state index in [1.807, 2.05) is 36.0 Å². The topological polar surface area (TPSA) is 63.1 Å². The maximum atomic E-state index is 12.5. The first kappa shape index (κ1) is 16.3. The highest BCUT2D eigenvalue weighted by Crippen LogP contribution is 2.34. The van der Waals surface area contributed by atoms with Gasteiger partial charge in [0.15, 0.2) is 0 Å². The van der Waals surface area contributed by atoms with E-state index in [9.17, 15) is 4.79 Å². The quantitative estimate of drug-likeness (QED) is 0.789. The number of carbonyl (C=O) groups is 1. The van der Waals surface area contributed by atoms with Crippen LogP contribution in [0.5, 0.6) is 0 Å². The molecule has 4 rings (SSSR count). The molecule has 0 fully saturated rings. The number of hydrogen-bond acceptors (Lipinski definition) is 3. The van der Waals surface area contributed by atoms with Crippen LogP contribution < -0.4 is 5.32 Å². The molecule has 0 saturated carbocycles. The van der Waals surface area contributed by atoms with Crippen molar-refractivity contribution in [3.8, 4) is 5.82 Å². The fourth-order valence-corrected chi connectivity index (χ4v) is 3.45. The zero-order chi connectivity index (χ0) is 17.9. The number of urea groups is 1. The van der Waals surface area contributed by atoms with Crippen molar-refractivity contribution in [3.05, 3.63) is 78.0 Å². The molecule has 1 N–H and O–H groups in total. The second kappa shape index (κ2) is 7.00. The molecule has 132 valence electrons. The summed E-state index contributed by atoms with van der Waals surface area (Å²) in [5, 5.41) is 2.99. The van der Waals surface area contributed by atoms with Gasteiger partial charge < -0.3 is 10.2 Å². The summed E-state index contributed by atoms with van der Waals surface area (Å²) in [6, 6.07) is 12.3. The highest BCUT2D eigenvalue weighted by molar-refractivity contribution is 5.74. The number of hydrogen-bond donors (Lipinski definition) is 1. The molecule has 6 nitrogen and oxygen atoms in total. The van der Waals surface area contributed by atoms with Crippen molar-refractivity contribution >= 4 is 6.03 Å². The number of fused-ring (bicyclic) bond motifs is 1. The lowest BCUT2D eigenvalue weighted by Crippen LogP contribution is -2.38. The Balaban J connectivity index is 1.37. The van der Waals surface area contributed by atoms with Crippen LogP contribution in [0.4, 0.5) is 4.79 Å². The van der Waals surface area contributed by atoms with E-state index < -0.39 is 0 Å². The largest absolute Gasteiger partial charge is 0.334 e. The first-order valence-electron chi connectivity index (χ1n) is 8.74. The molecular formula is C20H21N5O. The maximum Gasteiger partial charge on any atom is 0.317 e. The number of amides is 2. The number of nitrogens with one attached hydrogen (secondary N) is 1. The highest BCUT2D eigenvalue weighted by Gasteiger charge is 2.28. The summed E-state index contributed by atoms with van der Waals surface area (Å²) >= 11 is 0. The van der Waals surface area contributed by atoms with E-state index in [2.05, 4.69) is 33.5 Å². The monoisotopic (exact) mass is 347 g/mol. The molecular weight excluding hydrogens is 326 g/mol. The summed E-state index contributed by atoms with van der Waals surface area (Å²) in [6.07, 6.45) is 9.05. The average molecular weight is 347 g/mol. The summed E-state index contributed by atoms with van der Waals surface area (Å²) in [7, 11) is 1.86. The number of aryl methyl sites for hydroxylation is 1. The normalized spacial score (nSPS) is 15.5. The zero-order valence-corrected chi connectivity index (χ0v) is 14.7. The highest BCUT2D eigenvalue weighted by atomic mass is 16.2. The Morgan fingerprint density at radius 2 is 2.19 bits per heavy atom. The van der Waals surface area contributed by atoms with Crippen LogP contribution in [-0.2, 0) is 13.0 Å². The van der Waals surface area contributed by atoms with Crippen LogP contribution in [0.2, 0.25) is 0 Å². The number of pyridine rings is 1. The number of nitrogens with zero attached hydrogens (tertiary/aromatic N) is 4. The van der Waals surface area contributed by atoms with Crippen molar-refractivity contribution in [2.24, 2.45) is 0 Å². The molecule has 2 amide bonds. The van der Waals surface area contributed by atoms with Gasteiger partial charge in [-0.15, -0.1) is 0 Å². The van der Waals surface area contributed by atoms with Crippen LogP contribution in [0.25, 0.3) is 5.82 Å². The van der Waals surface area contributed by atoms with Gasteiger partial charge in [-0.3, -0.25) is 4.57 Å². The van der Waals surface area contributed by atoms with Crippen molar-refractivity contribution in [1.82, 2.24) is 24.8 Å². The van der Waals surface area contributed by atoms with Gasteiger partial charge in [0.05, 0.1) is 6.04 Å². The Kier molecular flexibility index (Phi) is 4.39. The zero-order valence-electron chi connectivity index (χ0n) is 14.7. The summed E-state index contributed by atoms with van der Waals surface area (Å²) in [6.45, 7) is 0.453. The van der Waals surface area contributed by atoms with Gasteiger partial charge in [0.25, 0.3) is 0 Å². The third-order valence-electron chi connectivity index (χ3n) is 4.91. The maximum absolute atomic E-state index is 12.5. The SMILES string of the molecule is CN(C(=O)NCc1ccc(-n2ccnc2)nc1)C1CCc2ccccc21. The summed E-state index contributed by atoms with van der Waals surface area (Å²) in [5.41, 5.74) is 3.57. The molecule has 1 aliphatic carbocycles. The van der Waals surface area contributed by atoms with Crippen LogP contribution in [-0.4, -0.2) is 32.5 Å². The molecule has 1 unspecified atom stereocenters. The number of benzene rings is 1. The molecule has 0 radical (unpaired) electrons. The van der Waals surface area contributed by atoms with Gasteiger partial charge in [-0.2, -0.15) is 0 Å². The van der Waals surface area contributed by atoms with Gasteiger partial charge in [0, 0.05) is 32.2 Å². The fourth-order valence-electron chi connectivity index (χ4n) is 3.45. The molecule has 2 aromatic heterocycles. The van der Waals surface area contributed by atoms with Gasteiger partial charge in [0.2, 0.25) is 0 Å². The van der Waals surface area contributed by atoms with Crippen LogP contribution >= 0.6 is 0 Å². The summed E-state index contributed by atoms with van der Waals surface area (Å²) < 4.78 is 1.84. The van der Waals surface area contributed by atoms with Crippen molar-refractivity contribution in [2.75, 3.05) is 7.05 Å². The van der Waals surface area contributed by atoms with E-state index >= 15 is 0 Å². The second-order valence-corrected chi connectivity index (χ2v) is 6.52. The van der Waals surface area contributed by atoms with Crippen LogP contribution in [0.15, 0.2) is 61.3 Å². The predicted octanol–water partition coefficient (Wildman–Crippen LogP) is 3.10. The number of imidazole rings is 1. The van der Waals surface area contributed by atoms with E-state index in [-0.39, 0.29) is 12.1 Å². The Labute approximate surface area is 152 Å². The van der Waals surface area contributed by atoms with Gasteiger partial charge in [-0.1, -0.05) is 30.3 Å². The van der Waals surface area contributed by atoms with E-state index in [0.717, 1.165) is 24.2 Å². The van der Waals surface area contributed by atoms with E-state index in [0.29, 0.717) is 6.54 Å². The van der Waals surface area contributed by atoms with Gasteiger partial charge in [-0.05, 0) is 35.6 Å². The number of aromatic nitrogens is 3. The van der Waals surface area contributed by atoms with Gasteiger partial charge >= 0.3 is 6.03 Å². The lowest BCUT2D eigenvalue weighted by Gasteiger charge is -2.25. The van der Waals surface area contributed by atoms with E-state index in [4.69, 9.17) is 0 Å². The lowest BCUT2D eigenvalue weighted by molar-refractivity contribution is 0.190. The molecule has 0 spiro atoms. The smallest absolute Gasteiger partial charge is 0.317 e. The van der Waals surface area contributed by atoms with Crippen LogP contribution in [0, 0.1) is 0 Å². The minimum absolute atomic E-state index is 0.0645. The fraction of sp³-hybridized carbons (Fsp3) is 0.250. The molecule has 1 atom stereocenters. The Morgan fingerprint density at radius 1 is 1.31 bits per heavy atom. The number of carbonyl (C=O) groups excluding carboxylic acids is 1. The van der Waals surface area contributed by atoms with Crippen molar-refractivity contribution in [2.45, 2.75) is 25.4 Å². The first-order valence-corrected chi connectivity index (χ1v) is 8.74. The molecule has 26 heavy (non-hydrogen) atoms.